The molecule has 0 bridgehead atoms. The van der Waals surface area contributed by atoms with Crippen LogP contribution in [0.4, 0.5) is 0 Å². The summed E-state index contributed by atoms with van der Waals surface area (Å²) in [5, 5.41) is 3.60. The Morgan fingerprint density at radius 2 is 2.17 bits per heavy atom. The maximum absolute atomic E-state index is 3.72. The van der Waals surface area contributed by atoms with Crippen LogP contribution in [0.15, 0.2) is 12.7 Å². The van der Waals surface area contributed by atoms with Gasteiger partial charge in [0.25, 0.3) is 0 Å². The van der Waals surface area contributed by atoms with Gasteiger partial charge in [0.15, 0.2) is 0 Å². The lowest BCUT2D eigenvalue weighted by atomic mass is 9.86. The fourth-order valence-electron chi connectivity index (χ4n) is 1.99. The van der Waals surface area contributed by atoms with Crippen molar-refractivity contribution in [3.8, 4) is 0 Å². The standard InChI is InChI=1S/C11H21N/c1-3-4-9-12-11-8-6-5-7-10(11)2/h3,10-12H,1,4-9H2,2H3. The Bertz CT molecular complexity index is 131. The molecule has 0 spiro atoms. The highest BCUT2D eigenvalue weighted by Crippen LogP contribution is 2.23. The molecule has 2 atom stereocenters. The zero-order valence-electron chi connectivity index (χ0n) is 8.18. The van der Waals surface area contributed by atoms with E-state index >= 15 is 0 Å². The van der Waals surface area contributed by atoms with E-state index in [1.54, 1.807) is 0 Å². The van der Waals surface area contributed by atoms with E-state index in [2.05, 4.69) is 18.8 Å². The molecular formula is C11H21N. The SMILES string of the molecule is C=CCCNC1CCCCC1C. The van der Waals surface area contributed by atoms with Crippen LogP contribution in [0.5, 0.6) is 0 Å². The molecule has 0 radical (unpaired) electrons. The quantitative estimate of drug-likeness (QED) is 0.501. The van der Waals surface area contributed by atoms with Crippen molar-refractivity contribution < 1.29 is 0 Å². The third-order valence-electron chi connectivity index (χ3n) is 2.87. The fourth-order valence-corrected chi connectivity index (χ4v) is 1.99. The van der Waals surface area contributed by atoms with E-state index in [4.69, 9.17) is 0 Å². The van der Waals surface area contributed by atoms with Crippen molar-refractivity contribution in [3.05, 3.63) is 12.7 Å². The second kappa shape index (κ2) is 5.36. The van der Waals surface area contributed by atoms with Gasteiger partial charge in [0.2, 0.25) is 0 Å². The van der Waals surface area contributed by atoms with Gasteiger partial charge in [-0.3, -0.25) is 0 Å². The van der Waals surface area contributed by atoms with Crippen LogP contribution in [0.3, 0.4) is 0 Å². The average Bonchev–Trinajstić information content (AvgIpc) is 2.09. The summed E-state index contributed by atoms with van der Waals surface area (Å²) in [6.07, 6.45) is 8.71. The van der Waals surface area contributed by atoms with Crippen LogP contribution in [-0.2, 0) is 0 Å². The zero-order valence-corrected chi connectivity index (χ0v) is 8.18. The van der Waals surface area contributed by atoms with Crippen molar-refractivity contribution in [1.82, 2.24) is 5.32 Å². The number of rotatable bonds is 4. The first-order valence-corrected chi connectivity index (χ1v) is 5.19. The molecule has 70 valence electrons. The van der Waals surface area contributed by atoms with Crippen molar-refractivity contribution in [3.63, 3.8) is 0 Å². The smallest absolute Gasteiger partial charge is 0.00928 e. The van der Waals surface area contributed by atoms with E-state index in [1.165, 1.54) is 25.7 Å². The molecule has 0 saturated heterocycles. The minimum atomic E-state index is 0.777. The van der Waals surface area contributed by atoms with Gasteiger partial charge in [0, 0.05) is 6.04 Å². The maximum atomic E-state index is 3.72. The Balaban J connectivity index is 2.15. The van der Waals surface area contributed by atoms with Gasteiger partial charge >= 0.3 is 0 Å². The molecule has 1 rings (SSSR count). The molecule has 0 amide bonds. The van der Waals surface area contributed by atoms with Crippen LogP contribution in [0.2, 0.25) is 0 Å². The van der Waals surface area contributed by atoms with Crippen molar-refractivity contribution >= 4 is 0 Å². The van der Waals surface area contributed by atoms with Gasteiger partial charge in [0.1, 0.15) is 0 Å². The summed E-state index contributed by atoms with van der Waals surface area (Å²) >= 11 is 0. The van der Waals surface area contributed by atoms with Crippen LogP contribution in [0.25, 0.3) is 0 Å². The Labute approximate surface area is 76.2 Å². The van der Waals surface area contributed by atoms with Gasteiger partial charge in [-0.05, 0) is 31.7 Å². The molecule has 1 aliphatic rings. The first-order valence-electron chi connectivity index (χ1n) is 5.19. The molecule has 2 unspecified atom stereocenters. The van der Waals surface area contributed by atoms with E-state index in [0.29, 0.717) is 0 Å². The average molecular weight is 167 g/mol. The lowest BCUT2D eigenvalue weighted by Crippen LogP contribution is -2.37. The van der Waals surface area contributed by atoms with Crippen molar-refractivity contribution in [1.29, 1.82) is 0 Å². The van der Waals surface area contributed by atoms with E-state index in [0.717, 1.165) is 24.9 Å². The largest absolute Gasteiger partial charge is 0.313 e. The van der Waals surface area contributed by atoms with Gasteiger partial charge in [0.05, 0.1) is 0 Å². The molecule has 1 fully saturated rings. The lowest BCUT2D eigenvalue weighted by Gasteiger charge is -2.29. The minimum Gasteiger partial charge on any atom is -0.313 e. The van der Waals surface area contributed by atoms with Crippen LogP contribution < -0.4 is 5.32 Å². The Morgan fingerprint density at radius 3 is 2.83 bits per heavy atom. The molecule has 0 aliphatic heterocycles. The van der Waals surface area contributed by atoms with Crippen LogP contribution in [-0.4, -0.2) is 12.6 Å². The predicted octanol–water partition coefficient (Wildman–Crippen LogP) is 2.73. The van der Waals surface area contributed by atoms with Crippen molar-refractivity contribution in [2.45, 2.75) is 45.1 Å². The molecule has 1 nitrogen and oxygen atoms in total. The highest BCUT2D eigenvalue weighted by molar-refractivity contribution is 4.79. The van der Waals surface area contributed by atoms with Gasteiger partial charge in [-0.25, -0.2) is 0 Å². The number of nitrogens with one attached hydrogen (secondary N) is 1. The molecular weight excluding hydrogens is 146 g/mol. The Morgan fingerprint density at radius 1 is 1.42 bits per heavy atom. The molecule has 1 aliphatic carbocycles. The van der Waals surface area contributed by atoms with Crippen molar-refractivity contribution in [2.75, 3.05) is 6.54 Å². The Kier molecular flexibility index (Phi) is 4.37. The first kappa shape index (κ1) is 9.79. The van der Waals surface area contributed by atoms with Gasteiger partial charge < -0.3 is 5.32 Å². The minimum absolute atomic E-state index is 0.777. The lowest BCUT2D eigenvalue weighted by molar-refractivity contribution is 0.282. The van der Waals surface area contributed by atoms with Crippen molar-refractivity contribution in [2.24, 2.45) is 5.92 Å². The Hall–Kier alpha value is -0.300. The summed E-state index contributed by atoms with van der Waals surface area (Å²) in [5.41, 5.74) is 0. The summed E-state index contributed by atoms with van der Waals surface area (Å²) in [6, 6.07) is 0.777. The molecule has 0 aromatic rings. The third kappa shape index (κ3) is 2.98. The van der Waals surface area contributed by atoms with E-state index < -0.39 is 0 Å². The summed E-state index contributed by atoms with van der Waals surface area (Å²) in [5.74, 6) is 0.878. The normalized spacial score (nSPS) is 30.1. The molecule has 0 aromatic carbocycles. The van der Waals surface area contributed by atoms with Crippen LogP contribution in [0.1, 0.15) is 39.0 Å². The highest BCUT2D eigenvalue weighted by atomic mass is 14.9. The number of hydrogen-bond acceptors (Lipinski definition) is 1. The van der Waals surface area contributed by atoms with Crippen LogP contribution in [0, 0.1) is 5.92 Å². The van der Waals surface area contributed by atoms with Gasteiger partial charge in [-0.15, -0.1) is 6.58 Å². The van der Waals surface area contributed by atoms with E-state index in [-0.39, 0.29) is 0 Å². The highest BCUT2D eigenvalue weighted by Gasteiger charge is 2.19. The third-order valence-corrected chi connectivity index (χ3v) is 2.87. The fraction of sp³-hybridized carbons (Fsp3) is 0.818. The zero-order chi connectivity index (χ0) is 8.81. The number of hydrogen-bond donors (Lipinski definition) is 1. The van der Waals surface area contributed by atoms with E-state index in [1.807, 2.05) is 6.08 Å². The van der Waals surface area contributed by atoms with Crippen LogP contribution >= 0.6 is 0 Å². The van der Waals surface area contributed by atoms with Gasteiger partial charge in [-0.1, -0.05) is 25.8 Å². The molecule has 1 N–H and O–H groups in total. The topological polar surface area (TPSA) is 12.0 Å². The molecule has 0 aromatic heterocycles. The molecule has 1 heteroatoms. The van der Waals surface area contributed by atoms with E-state index in [9.17, 15) is 0 Å². The predicted molar refractivity (Wildman–Crippen MR) is 54.2 cm³/mol. The summed E-state index contributed by atoms with van der Waals surface area (Å²) in [6.45, 7) is 7.20. The monoisotopic (exact) mass is 167 g/mol. The second-order valence-corrected chi connectivity index (χ2v) is 3.90. The molecule has 0 heterocycles. The molecule has 1 saturated carbocycles. The first-order chi connectivity index (χ1) is 5.84. The summed E-state index contributed by atoms with van der Waals surface area (Å²) in [7, 11) is 0. The molecule has 12 heavy (non-hydrogen) atoms. The maximum Gasteiger partial charge on any atom is 0.00928 e. The van der Waals surface area contributed by atoms with Gasteiger partial charge in [-0.2, -0.15) is 0 Å². The second-order valence-electron chi connectivity index (χ2n) is 3.90. The summed E-state index contributed by atoms with van der Waals surface area (Å²) < 4.78 is 0. The summed E-state index contributed by atoms with van der Waals surface area (Å²) in [4.78, 5) is 0.